The molecule has 2 N–H and O–H groups in total. The Hall–Kier alpha value is -3.67. The van der Waals surface area contributed by atoms with Gasteiger partial charge in [0.15, 0.2) is 0 Å². The van der Waals surface area contributed by atoms with E-state index in [1.165, 1.54) is 6.07 Å². The molecule has 148 valence electrons. The van der Waals surface area contributed by atoms with Crippen LogP contribution in [0.2, 0.25) is 0 Å². The van der Waals surface area contributed by atoms with Gasteiger partial charge in [-0.3, -0.25) is 9.59 Å². The minimum Gasteiger partial charge on any atom is -0.374 e. The molecule has 3 aromatic carbocycles. The van der Waals surface area contributed by atoms with Gasteiger partial charge in [0.25, 0.3) is 5.91 Å². The summed E-state index contributed by atoms with van der Waals surface area (Å²) in [5, 5.41) is 5.49. The fourth-order valence-electron chi connectivity index (χ4n) is 2.92. The van der Waals surface area contributed by atoms with Crippen molar-refractivity contribution < 1.29 is 14.0 Å². The highest BCUT2D eigenvalue weighted by Crippen LogP contribution is 2.19. The Labute approximate surface area is 169 Å². The van der Waals surface area contributed by atoms with Crippen molar-refractivity contribution in [1.29, 1.82) is 0 Å². The van der Waals surface area contributed by atoms with Gasteiger partial charge in [0, 0.05) is 23.5 Å². The minimum absolute atomic E-state index is 0.0930. The number of carbonyl (C=O) groups is 2. The number of carbonyl (C=O) groups excluding carboxylic acids is 2. The predicted molar refractivity (Wildman–Crippen MR) is 114 cm³/mol. The highest BCUT2D eigenvalue weighted by atomic mass is 19.1. The summed E-state index contributed by atoms with van der Waals surface area (Å²) in [6.07, 6.45) is 0. The topological polar surface area (TPSA) is 61.4 Å². The van der Waals surface area contributed by atoms with E-state index >= 15 is 0 Å². The van der Waals surface area contributed by atoms with E-state index in [0.717, 1.165) is 5.69 Å². The van der Waals surface area contributed by atoms with E-state index in [-0.39, 0.29) is 24.0 Å². The first-order valence-corrected chi connectivity index (χ1v) is 9.33. The van der Waals surface area contributed by atoms with Crippen LogP contribution in [0.5, 0.6) is 0 Å². The molecule has 0 spiro atoms. The van der Waals surface area contributed by atoms with Gasteiger partial charge < -0.3 is 15.5 Å². The van der Waals surface area contributed by atoms with Gasteiger partial charge in [-0.05, 0) is 49.4 Å². The smallest absolute Gasteiger partial charge is 0.258 e. The molecule has 6 heteroatoms. The number of benzene rings is 3. The fourth-order valence-corrected chi connectivity index (χ4v) is 2.92. The average molecular weight is 391 g/mol. The Morgan fingerprint density at radius 1 is 0.931 bits per heavy atom. The fraction of sp³-hybridized carbons (Fsp3) is 0.130. The van der Waals surface area contributed by atoms with E-state index < -0.39 is 5.82 Å². The predicted octanol–water partition coefficient (Wildman–Crippen LogP) is 4.54. The number of rotatable bonds is 7. The van der Waals surface area contributed by atoms with Crippen LogP contribution >= 0.6 is 0 Å². The van der Waals surface area contributed by atoms with Gasteiger partial charge in [-0.15, -0.1) is 0 Å². The van der Waals surface area contributed by atoms with Crippen LogP contribution in [0.25, 0.3) is 0 Å². The van der Waals surface area contributed by atoms with Crippen LogP contribution in [0.1, 0.15) is 17.3 Å². The third kappa shape index (κ3) is 5.19. The lowest BCUT2D eigenvalue weighted by Gasteiger charge is -2.21. The lowest BCUT2D eigenvalue weighted by molar-refractivity contribution is -0.114. The summed E-state index contributed by atoms with van der Waals surface area (Å²) >= 11 is 0. The minimum atomic E-state index is -0.423. The zero-order valence-electron chi connectivity index (χ0n) is 16.1. The van der Waals surface area contributed by atoms with Crippen LogP contribution in [0.4, 0.5) is 21.5 Å². The molecule has 0 atom stereocenters. The number of nitrogens with one attached hydrogen (secondary N) is 2. The quantitative estimate of drug-likeness (QED) is 0.621. The summed E-state index contributed by atoms with van der Waals surface area (Å²) < 4.78 is 13.6. The van der Waals surface area contributed by atoms with Crippen molar-refractivity contribution in [2.75, 3.05) is 28.6 Å². The molecule has 0 fully saturated rings. The van der Waals surface area contributed by atoms with Crippen molar-refractivity contribution in [3.8, 4) is 0 Å². The van der Waals surface area contributed by atoms with Crippen molar-refractivity contribution in [2.24, 2.45) is 0 Å². The number of anilines is 3. The zero-order valence-corrected chi connectivity index (χ0v) is 16.1. The van der Waals surface area contributed by atoms with Gasteiger partial charge in [0.2, 0.25) is 5.91 Å². The van der Waals surface area contributed by atoms with E-state index in [1.807, 2.05) is 37.3 Å². The molecule has 3 rings (SSSR count). The number of hydrogen-bond acceptors (Lipinski definition) is 3. The van der Waals surface area contributed by atoms with Crippen molar-refractivity contribution in [1.82, 2.24) is 0 Å². The van der Waals surface area contributed by atoms with Gasteiger partial charge in [0.05, 0.1) is 12.2 Å². The van der Waals surface area contributed by atoms with E-state index in [9.17, 15) is 14.0 Å². The average Bonchev–Trinajstić information content (AvgIpc) is 2.74. The van der Waals surface area contributed by atoms with Crippen LogP contribution in [0.15, 0.2) is 78.9 Å². The van der Waals surface area contributed by atoms with Crippen LogP contribution < -0.4 is 15.5 Å². The largest absolute Gasteiger partial charge is 0.374 e. The summed E-state index contributed by atoms with van der Waals surface area (Å²) in [6.45, 7) is 2.33. The molecule has 0 saturated heterocycles. The summed E-state index contributed by atoms with van der Waals surface area (Å²) in [6, 6.07) is 22.3. The maximum absolute atomic E-state index is 13.6. The lowest BCUT2D eigenvalue weighted by atomic mass is 10.1. The first-order chi connectivity index (χ1) is 14.1. The molecule has 5 nitrogen and oxygen atoms in total. The SMILES string of the molecule is CCN(C(=O)c1cccc(NC(=O)CNc2ccccc2F)c1)c1ccccc1. The van der Waals surface area contributed by atoms with Crippen molar-refractivity contribution in [3.63, 3.8) is 0 Å². The van der Waals surface area contributed by atoms with Gasteiger partial charge >= 0.3 is 0 Å². The second kappa shape index (κ2) is 9.50. The second-order valence-corrected chi connectivity index (χ2v) is 6.35. The molecule has 0 saturated carbocycles. The Kier molecular flexibility index (Phi) is 6.58. The van der Waals surface area contributed by atoms with Crippen molar-refractivity contribution >= 4 is 28.9 Å². The monoisotopic (exact) mass is 391 g/mol. The molecule has 0 radical (unpaired) electrons. The Balaban J connectivity index is 1.66. The molecule has 0 aliphatic rings. The van der Waals surface area contributed by atoms with E-state index in [2.05, 4.69) is 10.6 Å². The molecule has 29 heavy (non-hydrogen) atoms. The third-order valence-corrected chi connectivity index (χ3v) is 4.34. The normalized spacial score (nSPS) is 10.3. The highest BCUT2D eigenvalue weighted by molar-refractivity contribution is 6.07. The molecular weight excluding hydrogens is 369 g/mol. The van der Waals surface area contributed by atoms with E-state index in [4.69, 9.17) is 0 Å². The molecule has 0 bridgehead atoms. The molecule has 0 heterocycles. The third-order valence-electron chi connectivity index (χ3n) is 4.34. The lowest BCUT2D eigenvalue weighted by Crippen LogP contribution is -2.30. The Bertz CT molecular complexity index is 992. The highest BCUT2D eigenvalue weighted by Gasteiger charge is 2.16. The number of amides is 2. The van der Waals surface area contributed by atoms with Gasteiger partial charge in [0.1, 0.15) is 5.82 Å². The van der Waals surface area contributed by atoms with Crippen LogP contribution in [0.3, 0.4) is 0 Å². The van der Waals surface area contributed by atoms with Crippen LogP contribution in [0, 0.1) is 5.82 Å². The first-order valence-electron chi connectivity index (χ1n) is 9.33. The standard InChI is InChI=1S/C23H22FN3O2/c1-2-27(19-11-4-3-5-12-19)23(29)17-9-8-10-18(15-17)26-22(28)16-25-21-14-7-6-13-20(21)24/h3-15,25H,2,16H2,1H3,(H,26,28). The van der Waals surface area contributed by atoms with Crippen molar-refractivity contribution in [2.45, 2.75) is 6.92 Å². The molecule has 3 aromatic rings. The summed E-state index contributed by atoms with van der Waals surface area (Å²) in [5.41, 5.74) is 2.03. The van der Waals surface area contributed by atoms with Crippen LogP contribution in [-0.2, 0) is 4.79 Å². The Morgan fingerprint density at radius 2 is 1.66 bits per heavy atom. The molecule has 0 aliphatic heterocycles. The van der Waals surface area contributed by atoms with E-state index in [1.54, 1.807) is 47.4 Å². The molecular formula is C23H22FN3O2. The number of hydrogen-bond donors (Lipinski definition) is 2. The summed E-state index contributed by atoms with van der Waals surface area (Å²) in [4.78, 5) is 26.8. The second-order valence-electron chi connectivity index (χ2n) is 6.35. The molecule has 0 aromatic heterocycles. The summed E-state index contributed by atoms with van der Waals surface area (Å²) in [7, 11) is 0. The number of halogens is 1. The molecule has 2 amide bonds. The zero-order chi connectivity index (χ0) is 20.6. The maximum Gasteiger partial charge on any atom is 0.258 e. The maximum atomic E-state index is 13.6. The van der Waals surface area contributed by atoms with Crippen LogP contribution in [-0.4, -0.2) is 24.9 Å². The van der Waals surface area contributed by atoms with Gasteiger partial charge in [-0.1, -0.05) is 36.4 Å². The van der Waals surface area contributed by atoms with E-state index in [0.29, 0.717) is 17.8 Å². The molecule has 0 unspecified atom stereocenters. The first kappa shape index (κ1) is 20.1. The van der Waals surface area contributed by atoms with Crippen molar-refractivity contribution in [3.05, 3.63) is 90.2 Å². The number of para-hydroxylation sites is 2. The molecule has 0 aliphatic carbocycles. The summed E-state index contributed by atoms with van der Waals surface area (Å²) in [5.74, 6) is -0.916. The number of nitrogens with zero attached hydrogens (tertiary/aromatic N) is 1. The Morgan fingerprint density at radius 3 is 2.38 bits per heavy atom. The van der Waals surface area contributed by atoms with Gasteiger partial charge in [-0.25, -0.2) is 4.39 Å². The van der Waals surface area contributed by atoms with Gasteiger partial charge in [-0.2, -0.15) is 0 Å².